The van der Waals surface area contributed by atoms with Crippen molar-refractivity contribution >= 4 is 0 Å². The lowest BCUT2D eigenvalue weighted by atomic mass is 9.66. The highest BCUT2D eigenvalue weighted by atomic mass is 19.1. The minimum atomic E-state index is -0.661. The van der Waals surface area contributed by atoms with Crippen molar-refractivity contribution in [2.75, 3.05) is 0 Å². The van der Waals surface area contributed by atoms with Crippen LogP contribution in [0, 0.1) is 59.2 Å². The van der Waals surface area contributed by atoms with Crippen LogP contribution in [0.15, 0.2) is 0 Å². The van der Waals surface area contributed by atoms with E-state index in [-0.39, 0.29) is 17.9 Å². The summed E-state index contributed by atoms with van der Waals surface area (Å²) in [6.07, 6.45) is 10.6. The molecule has 0 radical (unpaired) electrons. The van der Waals surface area contributed by atoms with E-state index in [1.165, 1.54) is 32.1 Å². The van der Waals surface area contributed by atoms with E-state index in [4.69, 9.17) is 0 Å². The summed E-state index contributed by atoms with van der Waals surface area (Å²) < 4.78 is 14.4. The fraction of sp³-hybridized carbons (Fsp3) is 1.00. The van der Waals surface area contributed by atoms with Crippen molar-refractivity contribution in [3.8, 4) is 0 Å². The second kappa shape index (κ2) is 13.1. The van der Waals surface area contributed by atoms with Crippen molar-refractivity contribution in [1.82, 2.24) is 0 Å². The Bertz CT molecular complexity index is 511. The Balaban J connectivity index is 1.86. The lowest BCUT2D eigenvalue weighted by Gasteiger charge is -2.39. The van der Waals surface area contributed by atoms with Crippen LogP contribution in [0.25, 0.3) is 0 Å². The van der Waals surface area contributed by atoms with E-state index in [1.54, 1.807) is 0 Å². The van der Waals surface area contributed by atoms with E-state index >= 15 is 0 Å². The minimum Gasteiger partial charge on any atom is -0.393 e. The molecule has 0 heterocycles. The molecule has 2 saturated carbocycles. The Morgan fingerprint density at radius 1 is 0.781 bits per heavy atom. The van der Waals surface area contributed by atoms with Gasteiger partial charge in [-0.15, -0.1) is 0 Å². The van der Waals surface area contributed by atoms with Crippen LogP contribution in [-0.4, -0.2) is 17.4 Å². The smallest absolute Gasteiger partial charge is 0.103 e. The molecule has 0 saturated heterocycles. The summed E-state index contributed by atoms with van der Waals surface area (Å²) in [5.74, 6) is 6.04. The molecule has 0 aromatic rings. The molecule has 190 valence electrons. The normalized spacial score (nSPS) is 35.2. The van der Waals surface area contributed by atoms with Gasteiger partial charge in [0.15, 0.2) is 0 Å². The number of alkyl halides is 1. The molecular formula is C30H57FO. The highest BCUT2D eigenvalue weighted by Crippen LogP contribution is 2.42. The number of rotatable bonds is 11. The third-order valence-electron chi connectivity index (χ3n) is 10.1. The summed E-state index contributed by atoms with van der Waals surface area (Å²) >= 11 is 0. The van der Waals surface area contributed by atoms with Gasteiger partial charge in [-0.05, 0) is 111 Å². The molecule has 0 bridgehead atoms. The molecule has 1 nitrogen and oxygen atoms in total. The van der Waals surface area contributed by atoms with Crippen molar-refractivity contribution in [3.63, 3.8) is 0 Å². The second-order valence-electron chi connectivity index (χ2n) is 13.1. The molecule has 2 aliphatic rings. The topological polar surface area (TPSA) is 20.2 Å². The zero-order valence-electron chi connectivity index (χ0n) is 22.8. The molecule has 9 atom stereocenters. The van der Waals surface area contributed by atoms with Crippen LogP contribution in [0.4, 0.5) is 4.39 Å². The summed E-state index contributed by atoms with van der Waals surface area (Å²) in [5.41, 5.74) is 0. The van der Waals surface area contributed by atoms with E-state index in [9.17, 15) is 9.50 Å². The Hall–Kier alpha value is -0.110. The molecule has 2 heteroatoms. The van der Waals surface area contributed by atoms with Gasteiger partial charge in [0.05, 0.1) is 6.10 Å². The predicted molar refractivity (Wildman–Crippen MR) is 137 cm³/mol. The van der Waals surface area contributed by atoms with Crippen LogP contribution < -0.4 is 0 Å². The summed E-state index contributed by atoms with van der Waals surface area (Å²) in [7, 11) is 0. The average molecular weight is 453 g/mol. The molecule has 2 rings (SSSR count). The first-order valence-electron chi connectivity index (χ1n) is 14.3. The van der Waals surface area contributed by atoms with Gasteiger partial charge < -0.3 is 5.11 Å². The van der Waals surface area contributed by atoms with Crippen LogP contribution in [0.1, 0.15) is 120 Å². The highest BCUT2D eigenvalue weighted by Gasteiger charge is 2.34. The Morgan fingerprint density at radius 3 is 1.97 bits per heavy atom. The van der Waals surface area contributed by atoms with Gasteiger partial charge in [-0.3, -0.25) is 0 Å². The maximum atomic E-state index is 14.4. The van der Waals surface area contributed by atoms with Crippen molar-refractivity contribution in [2.45, 2.75) is 132 Å². The van der Waals surface area contributed by atoms with Gasteiger partial charge in [-0.1, -0.05) is 68.2 Å². The number of aliphatic hydroxyl groups is 1. The Morgan fingerprint density at radius 2 is 1.38 bits per heavy atom. The molecule has 2 fully saturated rings. The molecular weight excluding hydrogens is 395 g/mol. The SMILES string of the molecule is CC1CCC(C(C)C(C)[C@H](CCC(C)C(O)C(C)CC2CC(C)CCC2F)C(C)C)CC1. The summed E-state index contributed by atoms with van der Waals surface area (Å²) in [5, 5.41) is 11.1. The van der Waals surface area contributed by atoms with Crippen LogP contribution in [0.3, 0.4) is 0 Å². The van der Waals surface area contributed by atoms with Crippen molar-refractivity contribution in [2.24, 2.45) is 59.2 Å². The third-order valence-corrected chi connectivity index (χ3v) is 10.1. The van der Waals surface area contributed by atoms with Crippen LogP contribution in [-0.2, 0) is 0 Å². The molecule has 0 aromatic carbocycles. The first-order chi connectivity index (χ1) is 15.0. The van der Waals surface area contributed by atoms with E-state index in [1.807, 2.05) is 0 Å². The number of aliphatic hydroxyl groups excluding tert-OH is 1. The maximum Gasteiger partial charge on any atom is 0.103 e. The van der Waals surface area contributed by atoms with E-state index in [0.29, 0.717) is 17.8 Å². The quantitative estimate of drug-likeness (QED) is 0.332. The van der Waals surface area contributed by atoms with Crippen molar-refractivity contribution in [1.29, 1.82) is 0 Å². The van der Waals surface area contributed by atoms with Crippen molar-refractivity contribution < 1.29 is 9.50 Å². The largest absolute Gasteiger partial charge is 0.393 e. The van der Waals surface area contributed by atoms with E-state index < -0.39 is 6.17 Å². The number of hydrogen-bond donors (Lipinski definition) is 1. The molecule has 0 spiro atoms. The highest BCUT2D eigenvalue weighted by molar-refractivity contribution is 4.85. The number of halogens is 1. The van der Waals surface area contributed by atoms with Gasteiger partial charge >= 0.3 is 0 Å². The molecule has 1 N–H and O–H groups in total. The maximum absolute atomic E-state index is 14.4. The molecule has 0 aromatic heterocycles. The average Bonchev–Trinajstić information content (AvgIpc) is 2.75. The number of hydrogen-bond acceptors (Lipinski definition) is 1. The lowest BCUT2D eigenvalue weighted by molar-refractivity contribution is 0.0250. The van der Waals surface area contributed by atoms with Crippen LogP contribution >= 0.6 is 0 Å². The standard InChI is InChI=1S/C30H57FO/c1-19(2)28(25(8)24(7)26-13-9-20(3)10-14-26)15-12-22(5)30(32)23(6)18-27-17-21(4)11-16-29(27)31/h19-30,32H,9-18H2,1-8H3/t20?,21?,22?,23?,24?,25?,26?,27?,28-,29?,30?/m1/s1. The minimum absolute atomic E-state index is 0.151. The van der Waals surface area contributed by atoms with Gasteiger partial charge in [0, 0.05) is 0 Å². The fourth-order valence-corrected chi connectivity index (χ4v) is 7.34. The lowest BCUT2D eigenvalue weighted by Crippen LogP contribution is -2.33. The molecule has 8 unspecified atom stereocenters. The first-order valence-corrected chi connectivity index (χ1v) is 14.3. The second-order valence-corrected chi connectivity index (χ2v) is 13.1. The zero-order valence-corrected chi connectivity index (χ0v) is 22.8. The Labute approximate surface area is 200 Å². The molecule has 0 amide bonds. The third kappa shape index (κ3) is 7.99. The van der Waals surface area contributed by atoms with Gasteiger partial charge in [-0.2, -0.15) is 0 Å². The van der Waals surface area contributed by atoms with Gasteiger partial charge in [-0.25, -0.2) is 4.39 Å². The summed E-state index contributed by atoms with van der Waals surface area (Å²) in [6.45, 7) is 18.9. The zero-order chi connectivity index (χ0) is 24.0. The molecule has 2 aliphatic carbocycles. The molecule has 32 heavy (non-hydrogen) atoms. The van der Waals surface area contributed by atoms with Crippen LogP contribution in [0.5, 0.6) is 0 Å². The monoisotopic (exact) mass is 452 g/mol. The Kier molecular flexibility index (Phi) is 11.5. The van der Waals surface area contributed by atoms with E-state index in [2.05, 4.69) is 55.4 Å². The first kappa shape index (κ1) is 28.1. The van der Waals surface area contributed by atoms with Crippen molar-refractivity contribution in [3.05, 3.63) is 0 Å². The predicted octanol–water partition coefficient (Wildman–Crippen LogP) is 8.93. The molecule has 0 aliphatic heterocycles. The van der Waals surface area contributed by atoms with Gasteiger partial charge in [0.25, 0.3) is 0 Å². The summed E-state index contributed by atoms with van der Waals surface area (Å²) in [6, 6.07) is 0. The van der Waals surface area contributed by atoms with Gasteiger partial charge in [0.1, 0.15) is 6.17 Å². The fourth-order valence-electron chi connectivity index (χ4n) is 7.34. The van der Waals surface area contributed by atoms with Gasteiger partial charge in [0.2, 0.25) is 0 Å². The summed E-state index contributed by atoms with van der Waals surface area (Å²) in [4.78, 5) is 0. The van der Waals surface area contributed by atoms with E-state index in [0.717, 1.165) is 61.7 Å². The van der Waals surface area contributed by atoms with Crippen LogP contribution in [0.2, 0.25) is 0 Å².